The number of carbonyl (C=O) groups excluding carboxylic acids is 1. The Labute approximate surface area is 243 Å². The van der Waals surface area contributed by atoms with Crippen LogP contribution in [0.15, 0.2) is 76.9 Å². The molecule has 4 aromatic rings. The predicted octanol–water partition coefficient (Wildman–Crippen LogP) is 4.19. The molecule has 0 bridgehead atoms. The number of nitrogens with one attached hydrogen (secondary N) is 1. The number of rotatable bonds is 6. The topological polar surface area (TPSA) is 128 Å². The number of aromatic nitrogens is 4. The van der Waals surface area contributed by atoms with E-state index in [1.165, 1.54) is 35.6 Å². The van der Waals surface area contributed by atoms with Gasteiger partial charge in [0.1, 0.15) is 6.04 Å². The average molecular weight is 592 g/mol. The molecule has 0 radical (unpaired) electrons. The van der Waals surface area contributed by atoms with Crippen molar-refractivity contribution in [3.8, 4) is 11.8 Å². The van der Waals surface area contributed by atoms with Crippen LogP contribution in [-0.4, -0.2) is 33.0 Å². The number of carbonyl (C=O) groups is 1. The van der Waals surface area contributed by atoms with E-state index in [9.17, 15) is 33.1 Å². The third-order valence-electron chi connectivity index (χ3n) is 7.40. The van der Waals surface area contributed by atoms with E-state index in [0.29, 0.717) is 29.7 Å². The molecule has 1 aliphatic rings. The molecule has 1 aliphatic heterocycles. The van der Waals surface area contributed by atoms with Crippen molar-refractivity contribution in [2.45, 2.75) is 39.0 Å². The Kier molecular flexibility index (Phi) is 7.54. The van der Waals surface area contributed by atoms with Gasteiger partial charge in [0.25, 0.3) is 0 Å². The molecule has 1 atom stereocenters. The molecule has 43 heavy (non-hydrogen) atoms. The molecular weight excluding hydrogens is 565 g/mol. The third-order valence-corrected chi connectivity index (χ3v) is 7.40. The van der Waals surface area contributed by atoms with Gasteiger partial charge in [0.05, 0.1) is 29.9 Å². The van der Waals surface area contributed by atoms with Gasteiger partial charge < -0.3 is 9.84 Å². The first-order chi connectivity index (χ1) is 20.4. The van der Waals surface area contributed by atoms with Crippen molar-refractivity contribution >= 4 is 17.6 Å². The summed E-state index contributed by atoms with van der Waals surface area (Å²) in [6.45, 7) is 3.79. The molecule has 10 nitrogen and oxygen atoms in total. The number of methoxy groups -OCH3 is 1. The highest BCUT2D eigenvalue weighted by atomic mass is 19.4. The number of pyridine rings is 1. The SMILES string of the molecule is COC(=O)C1=C(C)N(c2cccc(C(F)(F)F)c2)c2n[nH]c(=O)n2[C@@H]1c1ccc(C#N)cc1CC[n+]1cc(O)ccc1C. The highest BCUT2D eigenvalue weighted by Crippen LogP contribution is 2.43. The highest BCUT2D eigenvalue weighted by Gasteiger charge is 2.41. The van der Waals surface area contributed by atoms with Crippen LogP contribution in [0.5, 0.6) is 5.75 Å². The van der Waals surface area contributed by atoms with Crippen molar-refractivity contribution < 1.29 is 32.4 Å². The molecule has 13 heteroatoms. The number of fused-ring (bicyclic) bond motifs is 1. The molecule has 0 fully saturated rings. The Balaban J connectivity index is 1.71. The second kappa shape index (κ2) is 11.1. The van der Waals surface area contributed by atoms with Crippen molar-refractivity contribution in [2.24, 2.45) is 0 Å². The molecule has 2 aromatic heterocycles. The fourth-order valence-corrected chi connectivity index (χ4v) is 5.33. The second-order valence-electron chi connectivity index (χ2n) is 9.97. The number of benzene rings is 2. The first-order valence-corrected chi connectivity index (χ1v) is 13.1. The molecule has 2 N–H and O–H groups in total. The molecule has 0 amide bonds. The summed E-state index contributed by atoms with van der Waals surface area (Å²) in [7, 11) is 1.17. The second-order valence-corrected chi connectivity index (χ2v) is 9.97. The fraction of sp³-hybridized carbons (Fsp3) is 0.233. The number of nitriles is 1. The summed E-state index contributed by atoms with van der Waals surface area (Å²) in [4.78, 5) is 28.0. The molecule has 220 valence electrons. The highest BCUT2D eigenvalue weighted by molar-refractivity contribution is 5.93. The van der Waals surface area contributed by atoms with Crippen LogP contribution in [0.3, 0.4) is 0 Å². The number of halogens is 3. The zero-order valence-electron chi connectivity index (χ0n) is 23.3. The van der Waals surface area contributed by atoms with Crippen molar-refractivity contribution in [2.75, 3.05) is 12.0 Å². The van der Waals surface area contributed by atoms with Crippen LogP contribution in [0.1, 0.15) is 40.9 Å². The van der Waals surface area contributed by atoms with E-state index in [1.54, 1.807) is 36.5 Å². The van der Waals surface area contributed by atoms with Crippen LogP contribution in [0.2, 0.25) is 0 Å². The largest absolute Gasteiger partial charge is 0.503 e. The number of alkyl halides is 3. The molecule has 0 unspecified atom stereocenters. The summed E-state index contributed by atoms with van der Waals surface area (Å²) < 4.78 is 48.9. The zero-order valence-corrected chi connectivity index (χ0v) is 23.3. The molecule has 0 saturated heterocycles. The number of hydrogen-bond donors (Lipinski definition) is 2. The molecule has 0 aliphatic carbocycles. The van der Waals surface area contributed by atoms with E-state index < -0.39 is 29.4 Å². The molecule has 5 rings (SSSR count). The van der Waals surface area contributed by atoms with Gasteiger partial charge in [0.15, 0.2) is 18.0 Å². The van der Waals surface area contributed by atoms with Gasteiger partial charge >= 0.3 is 17.8 Å². The summed E-state index contributed by atoms with van der Waals surface area (Å²) in [5, 5.41) is 26.1. The number of anilines is 2. The van der Waals surface area contributed by atoms with E-state index in [4.69, 9.17) is 4.74 Å². The van der Waals surface area contributed by atoms with Gasteiger partial charge in [0.2, 0.25) is 12.1 Å². The van der Waals surface area contributed by atoms with Gasteiger partial charge in [-0.05, 0) is 54.4 Å². The van der Waals surface area contributed by atoms with E-state index in [2.05, 4.69) is 16.3 Å². The maximum absolute atomic E-state index is 13.6. The monoisotopic (exact) mass is 591 g/mol. The number of aromatic amines is 1. The number of H-pyrrole nitrogens is 1. The minimum Gasteiger partial charge on any atom is -0.503 e. The van der Waals surface area contributed by atoms with E-state index in [0.717, 1.165) is 17.8 Å². The molecular formula is C30H26F3N6O4+. The number of allylic oxidation sites excluding steroid dienone is 1. The summed E-state index contributed by atoms with van der Waals surface area (Å²) in [6, 6.07) is 13.6. The minimum absolute atomic E-state index is 0.00283. The Bertz CT molecular complexity index is 1870. The maximum Gasteiger partial charge on any atom is 0.416 e. The summed E-state index contributed by atoms with van der Waals surface area (Å²) >= 11 is 0. The fourth-order valence-electron chi connectivity index (χ4n) is 5.33. The summed E-state index contributed by atoms with van der Waals surface area (Å²) in [6.07, 6.45) is -2.73. The van der Waals surface area contributed by atoms with Crippen molar-refractivity contribution in [1.29, 1.82) is 5.26 Å². The average Bonchev–Trinajstić information content (AvgIpc) is 3.36. The lowest BCUT2D eigenvalue weighted by Gasteiger charge is -2.36. The number of nitrogens with zero attached hydrogens (tertiary/aromatic N) is 5. The van der Waals surface area contributed by atoms with Crippen LogP contribution in [0.4, 0.5) is 24.8 Å². The molecule has 0 spiro atoms. The van der Waals surface area contributed by atoms with Crippen molar-refractivity contribution in [3.63, 3.8) is 0 Å². The number of aryl methyl sites for hydroxylation is 3. The van der Waals surface area contributed by atoms with Gasteiger partial charge in [-0.1, -0.05) is 12.1 Å². The lowest BCUT2D eigenvalue weighted by molar-refractivity contribution is -0.702. The normalized spacial score (nSPS) is 14.8. The van der Waals surface area contributed by atoms with E-state index in [-0.39, 0.29) is 28.7 Å². The first kappa shape index (κ1) is 29.1. The Morgan fingerprint density at radius 1 is 1.19 bits per heavy atom. The number of hydrogen-bond acceptors (Lipinski definition) is 7. The standard InChI is InChI=1S/C30H25F3N6O4/c1-17-7-9-23(40)16-37(17)12-11-20-13-19(15-34)8-10-24(20)26-25(27(41)43-3)18(2)38(28-35-36-29(42)39(26)28)22-6-4-5-21(14-22)30(31,32)33/h4-10,13-14,16,26H,11-12H2,1-3H3,(H-,36,40,42)/p+1/t26-/m1/s1. The number of esters is 1. The van der Waals surface area contributed by atoms with E-state index >= 15 is 0 Å². The lowest BCUT2D eigenvalue weighted by atomic mass is 9.89. The van der Waals surface area contributed by atoms with Crippen molar-refractivity contribution in [3.05, 3.63) is 110 Å². The Morgan fingerprint density at radius 2 is 1.95 bits per heavy atom. The predicted molar refractivity (Wildman–Crippen MR) is 147 cm³/mol. The third kappa shape index (κ3) is 5.34. The van der Waals surface area contributed by atoms with Gasteiger partial charge in [-0.15, -0.1) is 5.10 Å². The van der Waals surface area contributed by atoms with Crippen LogP contribution < -0.4 is 15.2 Å². The van der Waals surface area contributed by atoms with Crippen LogP contribution in [0, 0.1) is 18.3 Å². The van der Waals surface area contributed by atoms with Gasteiger partial charge in [0, 0.05) is 30.8 Å². The Hall–Kier alpha value is -5.38. The quantitative estimate of drug-likeness (QED) is 0.254. The number of aromatic hydroxyl groups is 1. The summed E-state index contributed by atoms with van der Waals surface area (Å²) in [5.74, 6) is -0.764. The molecule has 2 aromatic carbocycles. The van der Waals surface area contributed by atoms with Crippen molar-refractivity contribution in [1.82, 2.24) is 14.8 Å². The van der Waals surface area contributed by atoms with Gasteiger partial charge in [-0.2, -0.15) is 23.0 Å². The molecule has 0 saturated carbocycles. The van der Waals surface area contributed by atoms with Crippen LogP contribution in [0.25, 0.3) is 0 Å². The van der Waals surface area contributed by atoms with Crippen LogP contribution in [-0.2, 0) is 28.7 Å². The van der Waals surface area contributed by atoms with Crippen LogP contribution >= 0.6 is 0 Å². The minimum atomic E-state index is -4.63. The smallest absolute Gasteiger partial charge is 0.416 e. The zero-order chi connectivity index (χ0) is 31.1. The summed E-state index contributed by atoms with van der Waals surface area (Å²) in [5.41, 5.74) is 0.938. The van der Waals surface area contributed by atoms with Gasteiger partial charge in [-0.25, -0.2) is 19.3 Å². The maximum atomic E-state index is 13.6. The Morgan fingerprint density at radius 3 is 2.65 bits per heavy atom. The van der Waals surface area contributed by atoms with E-state index in [1.807, 2.05) is 11.5 Å². The first-order valence-electron chi connectivity index (χ1n) is 13.1. The van der Waals surface area contributed by atoms with Gasteiger partial charge in [-0.3, -0.25) is 4.90 Å². The molecule has 3 heterocycles. The lowest BCUT2D eigenvalue weighted by Crippen LogP contribution is -2.39. The number of ether oxygens (including phenoxy) is 1.